The summed E-state index contributed by atoms with van der Waals surface area (Å²) in [5.74, 6) is 0. The van der Waals surface area contributed by atoms with Crippen molar-refractivity contribution in [2.45, 2.75) is 55.4 Å². The van der Waals surface area contributed by atoms with Crippen molar-refractivity contribution in [2.75, 3.05) is 0 Å². The first kappa shape index (κ1) is 19.0. The Morgan fingerprint density at radius 1 is 0.741 bits per heavy atom. The molecule has 0 aliphatic heterocycles. The molecule has 0 amide bonds. The summed E-state index contributed by atoms with van der Waals surface area (Å²) in [4.78, 5) is 0. The molecule has 1 aliphatic rings. The molecule has 0 saturated carbocycles. The Hall–Kier alpha value is -2.75. The second-order valence-corrected chi connectivity index (χ2v) is 7.49. The predicted molar refractivity (Wildman–Crippen MR) is 115 cm³/mol. The second-order valence-electron chi connectivity index (χ2n) is 7.49. The first-order valence-corrected chi connectivity index (χ1v) is 9.33. The van der Waals surface area contributed by atoms with Crippen molar-refractivity contribution >= 4 is 5.71 Å². The van der Waals surface area contributed by atoms with Crippen molar-refractivity contribution in [3.8, 4) is 0 Å². The van der Waals surface area contributed by atoms with E-state index in [1.54, 1.807) is 0 Å². The second kappa shape index (κ2) is 6.76. The summed E-state index contributed by atoms with van der Waals surface area (Å²) in [5.41, 5.74) is 17.3. The average Bonchev–Trinajstić information content (AvgIpc) is 2.93. The normalized spacial score (nSPS) is 15.6. The van der Waals surface area contributed by atoms with Gasteiger partial charge in [0.25, 0.3) is 0 Å². The number of hydrogen-bond acceptors (Lipinski definition) is 1. The molecule has 142 valence electrons. The minimum atomic E-state index is 0.825. The summed E-state index contributed by atoms with van der Waals surface area (Å²) in [7, 11) is 0. The van der Waals surface area contributed by atoms with Gasteiger partial charge in [-0.15, -0.1) is 0 Å². The first-order chi connectivity index (χ1) is 12.6. The Morgan fingerprint density at radius 3 is 1.74 bits per heavy atom. The van der Waals surface area contributed by atoms with Crippen molar-refractivity contribution in [3.05, 3.63) is 86.5 Å². The van der Waals surface area contributed by atoms with E-state index in [0.717, 1.165) is 39.8 Å². The lowest BCUT2D eigenvalue weighted by Gasteiger charge is -2.32. The maximum Gasteiger partial charge on any atom is 0.0704 e. The van der Waals surface area contributed by atoms with Crippen LogP contribution in [0.4, 0.5) is 0 Å². The highest BCUT2D eigenvalue weighted by Crippen LogP contribution is 2.28. The lowest BCUT2D eigenvalue weighted by Crippen LogP contribution is -2.11. The Labute approximate surface area is 162 Å². The van der Waals surface area contributed by atoms with E-state index in [0.29, 0.717) is 0 Å². The summed E-state index contributed by atoms with van der Waals surface area (Å²) >= 11 is 0. The molecule has 1 aliphatic carbocycles. The van der Waals surface area contributed by atoms with Crippen LogP contribution in [0.3, 0.4) is 0 Å². The van der Waals surface area contributed by atoms with Crippen molar-refractivity contribution in [2.24, 2.45) is 5.10 Å². The fourth-order valence-corrected chi connectivity index (χ4v) is 3.47. The zero-order valence-corrected chi connectivity index (χ0v) is 17.7. The van der Waals surface area contributed by atoms with Crippen LogP contribution in [0.1, 0.15) is 45.0 Å². The van der Waals surface area contributed by atoms with E-state index in [9.17, 15) is 0 Å². The molecular weight excluding hydrogens is 332 g/mol. The van der Waals surface area contributed by atoms with E-state index in [2.05, 4.69) is 62.0 Å². The van der Waals surface area contributed by atoms with Gasteiger partial charge < -0.3 is 10.1 Å². The van der Waals surface area contributed by atoms with Crippen molar-refractivity contribution in [1.29, 1.82) is 0 Å². The summed E-state index contributed by atoms with van der Waals surface area (Å²) in [6.07, 6.45) is 5.98. The highest BCUT2D eigenvalue weighted by molar-refractivity contribution is 6.12. The molecule has 4 heteroatoms. The molecule has 0 saturated heterocycles. The van der Waals surface area contributed by atoms with Crippen LogP contribution < -0.4 is 0 Å². The lowest BCUT2D eigenvalue weighted by molar-refractivity contribution is 0.807. The summed E-state index contributed by atoms with van der Waals surface area (Å²) < 4.78 is 4.04. The number of allylic oxidation sites excluding steroid dienone is 4. The standard InChI is InChI=1S/C23H29N4/c1-13-10-11-22(24-26-18(6)14(2)15(3)19(26)7)23(12-13)25-27-20(8)16(4)17(5)21(27)9/h10-12H,1H2,2-9H3/q-1/b24-22-. The van der Waals surface area contributed by atoms with Gasteiger partial charge in [0.05, 0.1) is 5.71 Å². The smallest absolute Gasteiger partial charge is 0.0704 e. The third-order valence-electron chi connectivity index (χ3n) is 6.02. The van der Waals surface area contributed by atoms with Gasteiger partial charge in [0.2, 0.25) is 0 Å². The molecule has 0 aromatic carbocycles. The highest BCUT2D eigenvalue weighted by Gasteiger charge is 2.13. The van der Waals surface area contributed by atoms with Crippen LogP contribution in [0.15, 0.2) is 41.2 Å². The third kappa shape index (κ3) is 3.09. The van der Waals surface area contributed by atoms with Gasteiger partial charge in [0, 0.05) is 22.8 Å². The quantitative estimate of drug-likeness (QED) is 0.662. The molecule has 2 heterocycles. The minimum Gasteiger partial charge on any atom is -0.589 e. The van der Waals surface area contributed by atoms with Crippen molar-refractivity contribution < 1.29 is 0 Å². The van der Waals surface area contributed by atoms with E-state index >= 15 is 0 Å². The molecular formula is C23H29N4-. The van der Waals surface area contributed by atoms with Gasteiger partial charge in [-0.25, -0.2) is 4.68 Å². The molecule has 0 fully saturated rings. The van der Waals surface area contributed by atoms with Gasteiger partial charge in [-0.1, -0.05) is 24.4 Å². The average molecular weight is 362 g/mol. The van der Waals surface area contributed by atoms with Gasteiger partial charge in [-0.3, -0.25) is 0 Å². The molecule has 0 radical (unpaired) electrons. The fourth-order valence-electron chi connectivity index (χ4n) is 3.47. The van der Waals surface area contributed by atoms with E-state index in [-0.39, 0.29) is 0 Å². The zero-order chi connectivity index (χ0) is 20.0. The Morgan fingerprint density at radius 2 is 1.22 bits per heavy atom. The first-order valence-electron chi connectivity index (χ1n) is 9.33. The van der Waals surface area contributed by atoms with Gasteiger partial charge in [0.15, 0.2) is 0 Å². The molecule has 0 unspecified atom stereocenters. The van der Waals surface area contributed by atoms with Gasteiger partial charge in [0.1, 0.15) is 0 Å². The molecule has 3 rings (SSSR count). The molecule has 4 nitrogen and oxygen atoms in total. The maximum absolute atomic E-state index is 4.94. The van der Waals surface area contributed by atoms with Crippen LogP contribution in [-0.4, -0.2) is 15.1 Å². The van der Waals surface area contributed by atoms with E-state index in [1.807, 2.05) is 27.6 Å². The topological polar surface area (TPSA) is 36.3 Å². The van der Waals surface area contributed by atoms with Gasteiger partial charge in [-0.05, 0) is 89.3 Å². The molecule has 2 aromatic heterocycles. The monoisotopic (exact) mass is 361 g/mol. The summed E-state index contributed by atoms with van der Waals surface area (Å²) in [5, 5.41) is 4.93. The van der Waals surface area contributed by atoms with E-state index < -0.39 is 0 Å². The molecule has 0 bridgehead atoms. The van der Waals surface area contributed by atoms with Gasteiger partial charge >= 0.3 is 0 Å². The van der Waals surface area contributed by atoms with E-state index in [4.69, 9.17) is 10.5 Å². The van der Waals surface area contributed by atoms with Crippen LogP contribution >= 0.6 is 0 Å². The van der Waals surface area contributed by atoms with Crippen molar-refractivity contribution in [1.82, 2.24) is 9.35 Å². The lowest BCUT2D eigenvalue weighted by atomic mass is 10.1. The third-order valence-corrected chi connectivity index (χ3v) is 6.02. The number of rotatable bonds is 3. The molecule has 0 atom stereocenters. The predicted octanol–water partition coefficient (Wildman–Crippen LogP) is 5.81. The Bertz CT molecular complexity index is 985. The van der Waals surface area contributed by atoms with Gasteiger partial charge in [-0.2, -0.15) is 5.10 Å². The Kier molecular flexibility index (Phi) is 4.77. The number of hydrogen-bond donors (Lipinski definition) is 0. The van der Waals surface area contributed by atoms with Crippen LogP contribution in [-0.2, 0) is 0 Å². The SMILES string of the molecule is C=C1C=C/C(=N/n2c(C)c(C)c(C)c2C)C([N-]n2c(C)c(C)c(C)c2C)=C1. The van der Waals surface area contributed by atoms with Crippen LogP contribution in [0.25, 0.3) is 5.43 Å². The molecule has 0 N–H and O–H groups in total. The number of aromatic nitrogens is 2. The summed E-state index contributed by atoms with van der Waals surface area (Å²) in [6, 6.07) is 0. The number of nitrogens with zero attached hydrogens (tertiary/aromatic N) is 4. The van der Waals surface area contributed by atoms with E-state index in [1.165, 1.54) is 22.3 Å². The molecule has 27 heavy (non-hydrogen) atoms. The summed E-state index contributed by atoms with van der Waals surface area (Å²) in [6.45, 7) is 21.1. The fraction of sp³-hybridized carbons (Fsp3) is 0.348. The Balaban J connectivity index is 2.08. The van der Waals surface area contributed by atoms with Crippen molar-refractivity contribution in [3.63, 3.8) is 0 Å². The zero-order valence-electron chi connectivity index (χ0n) is 17.7. The van der Waals surface area contributed by atoms with Crippen LogP contribution in [0.5, 0.6) is 0 Å². The maximum atomic E-state index is 4.94. The van der Waals surface area contributed by atoms with Crippen LogP contribution in [0.2, 0.25) is 0 Å². The molecule has 0 spiro atoms. The van der Waals surface area contributed by atoms with Crippen LogP contribution in [0, 0.1) is 55.4 Å². The highest BCUT2D eigenvalue weighted by atomic mass is 15.4. The molecule has 2 aromatic rings. The minimum absolute atomic E-state index is 0.825. The largest absolute Gasteiger partial charge is 0.589 e.